The first-order chi connectivity index (χ1) is 12.9. The Morgan fingerprint density at radius 2 is 0.885 bits per heavy atom. The van der Waals surface area contributed by atoms with Gasteiger partial charge in [0, 0.05) is 6.07 Å². The molecule has 0 N–H and O–H groups in total. The van der Waals surface area contributed by atoms with Crippen LogP contribution in [0.5, 0.6) is 11.5 Å². The predicted octanol–water partition coefficient (Wildman–Crippen LogP) is 6.90. The SMILES string of the molecule is CC.CC.c1ccc(COc2cccc(OCc3ccccc3)c2)cc1. The second-order valence-corrected chi connectivity index (χ2v) is 5.02. The Morgan fingerprint density at radius 3 is 1.27 bits per heavy atom. The van der Waals surface area contributed by atoms with E-state index in [0.29, 0.717) is 13.2 Å². The van der Waals surface area contributed by atoms with Crippen LogP contribution in [0.2, 0.25) is 0 Å². The van der Waals surface area contributed by atoms with Gasteiger partial charge in [-0.25, -0.2) is 0 Å². The Kier molecular flexibility index (Phi) is 11.1. The molecule has 0 saturated heterocycles. The number of hydrogen-bond acceptors (Lipinski definition) is 2. The van der Waals surface area contributed by atoms with E-state index in [9.17, 15) is 0 Å². The highest BCUT2D eigenvalue weighted by Gasteiger charge is 2.00. The summed E-state index contributed by atoms with van der Waals surface area (Å²) < 4.78 is 11.6. The van der Waals surface area contributed by atoms with Gasteiger partial charge >= 0.3 is 0 Å². The Bertz CT molecular complexity index is 635. The van der Waals surface area contributed by atoms with Crippen molar-refractivity contribution < 1.29 is 9.47 Å². The summed E-state index contributed by atoms with van der Waals surface area (Å²) in [5.41, 5.74) is 2.30. The van der Waals surface area contributed by atoms with E-state index >= 15 is 0 Å². The van der Waals surface area contributed by atoms with Gasteiger partial charge in [0.25, 0.3) is 0 Å². The molecule has 0 aliphatic heterocycles. The van der Waals surface area contributed by atoms with E-state index < -0.39 is 0 Å². The second kappa shape index (κ2) is 13.5. The molecule has 0 saturated carbocycles. The molecule has 0 radical (unpaired) electrons. The molecule has 0 bridgehead atoms. The average Bonchev–Trinajstić information content (AvgIpc) is 2.75. The lowest BCUT2D eigenvalue weighted by molar-refractivity contribution is 0.290. The number of rotatable bonds is 6. The quantitative estimate of drug-likeness (QED) is 0.481. The van der Waals surface area contributed by atoms with Gasteiger partial charge in [0.05, 0.1) is 0 Å². The highest BCUT2D eigenvalue weighted by atomic mass is 16.5. The summed E-state index contributed by atoms with van der Waals surface area (Å²) in [7, 11) is 0. The van der Waals surface area contributed by atoms with Crippen molar-refractivity contribution in [3.8, 4) is 11.5 Å². The molecule has 0 unspecified atom stereocenters. The highest BCUT2D eigenvalue weighted by molar-refractivity contribution is 5.33. The van der Waals surface area contributed by atoms with Crippen LogP contribution in [0, 0.1) is 0 Å². The van der Waals surface area contributed by atoms with Crippen molar-refractivity contribution in [2.75, 3.05) is 0 Å². The number of hydrogen-bond donors (Lipinski definition) is 0. The van der Waals surface area contributed by atoms with Crippen LogP contribution in [0.3, 0.4) is 0 Å². The van der Waals surface area contributed by atoms with Crippen LogP contribution >= 0.6 is 0 Å². The summed E-state index contributed by atoms with van der Waals surface area (Å²) in [5.74, 6) is 1.63. The first-order valence-electron chi connectivity index (χ1n) is 9.34. The number of ether oxygens (including phenoxy) is 2. The molecule has 2 nitrogen and oxygen atoms in total. The summed E-state index contributed by atoms with van der Waals surface area (Å²) in [4.78, 5) is 0. The summed E-state index contributed by atoms with van der Waals surface area (Å²) >= 11 is 0. The highest BCUT2D eigenvalue weighted by Crippen LogP contribution is 2.21. The van der Waals surface area contributed by atoms with Crippen molar-refractivity contribution >= 4 is 0 Å². The molecule has 3 aromatic rings. The average molecular weight is 351 g/mol. The Hall–Kier alpha value is -2.74. The summed E-state index contributed by atoms with van der Waals surface area (Å²) in [5, 5.41) is 0. The molecule has 0 atom stereocenters. The number of benzene rings is 3. The van der Waals surface area contributed by atoms with Crippen molar-refractivity contribution in [3.05, 3.63) is 96.1 Å². The van der Waals surface area contributed by atoms with E-state index in [-0.39, 0.29) is 0 Å². The van der Waals surface area contributed by atoms with E-state index in [1.54, 1.807) is 0 Å². The third kappa shape index (κ3) is 7.89. The van der Waals surface area contributed by atoms with Crippen molar-refractivity contribution in [3.63, 3.8) is 0 Å². The third-order valence-corrected chi connectivity index (χ3v) is 3.30. The lowest BCUT2D eigenvalue weighted by atomic mass is 10.2. The zero-order chi connectivity index (χ0) is 19.0. The Morgan fingerprint density at radius 1 is 0.500 bits per heavy atom. The topological polar surface area (TPSA) is 18.5 Å². The molecule has 0 amide bonds. The van der Waals surface area contributed by atoms with Gasteiger partial charge in [0.1, 0.15) is 24.7 Å². The Labute approximate surface area is 158 Å². The largest absolute Gasteiger partial charge is 0.489 e. The lowest BCUT2D eigenvalue weighted by Gasteiger charge is -2.10. The third-order valence-electron chi connectivity index (χ3n) is 3.30. The van der Waals surface area contributed by atoms with Crippen LogP contribution in [0.25, 0.3) is 0 Å². The van der Waals surface area contributed by atoms with Gasteiger partial charge in [-0.3, -0.25) is 0 Å². The van der Waals surface area contributed by atoms with Gasteiger partial charge in [-0.1, -0.05) is 94.4 Å². The fourth-order valence-electron chi connectivity index (χ4n) is 2.14. The molecule has 0 aliphatic rings. The van der Waals surface area contributed by atoms with Gasteiger partial charge in [-0.05, 0) is 23.3 Å². The van der Waals surface area contributed by atoms with E-state index in [0.717, 1.165) is 22.6 Å². The molecule has 0 spiro atoms. The Balaban J connectivity index is 0.000000791. The van der Waals surface area contributed by atoms with Gasteiger partial charge in [0.2, 0.25) is 0 Å². The van der Waals surface area contributed by atoms with Crippen LogP contribution in [0.4, 0.5) is 0 Å². The van der Waals surface area contributed by atoms with Gasteiger partial charge in [0.15, 0.2) is 0 Å². The van der Waals surface area contributed by atoms with E-state index in [1.807, 2.05) is 88.4 Å². The zero-order valence-electron chi connectivity index (χ0n) is 16.3. The summed E-state index contributed by atoms with van der Waals surface area (Å²) in [6, 6.07) is 28.0. The van der Waals surface area contributed by atoms with Gasteiger partial charge in [-0.15, -0.1) is 0 Å². The van der Waals surface area contributed by atoms with Gasteiger partial charge < -0.3 is 9.47 Å². The fourth-order valence-corrected chi connectivity index (χ4v) is 2.14. The van der Waals surface area contributed by atoms with Crippen molar-refractivity contribution in [2.45, 2.75) is 40.9 Å². The normalized spacial score (nSPS) is 9.08. The molecule has 138 valence electrons. The van der Waals surface area contributed by atoms with E-state index in [1.165, 1.54) is 0 Å². The molecule has 0 fully saturated rings. The smallest absolute Gasteiger partial charge is 0.123 e. The zero-order valence-corrected chi connectivity index (χ0v) is 16.3. The molecular formula is C24H30O2. The first-order valence-corrected chi connectivity index (χ1v) is 9.34. The maximum absolute atomic E-state index is 5.80. The summed E-state index contributed by atoms with van der Waals surface area (Å²) in [6.45, 7) is 9.12. The molecule has 2 heteroatoms. The molecule has 3 rings (SSSR count). The molecule has 0 aliphatic carbocycles. The van der Waals surface area contributed by atoms with Crippen molar-refractivity contribution in [1.29, 1.82) is 0 Å². The molecule has 3 aromatic carbocycles. The fraction of sp³-hybridized carbons (Fsp3) is 0.250. The van der Waals surface area contributed by atoms with E-state index in [4.69, 9.17) is 9.47 Å². The molecule has 26 heavy (non-hydrogen) atoms. The maximum Gasteiger partial charge on any atom is 0.123 e. The lowest BCUT2D eigenvalue weighted by Crippen LogP contribution is -1.97. The minimum Gasteiger partial charge on any atom is -0.489 e. The van der Waals surface area contributed by atoms with Crippen molar-refractivity contribution in [1.82, 2.24) is 0 Å². The van der Waals surface area contributed by atoms with Gasteiger partial charge in [-0.2, -0.15) is 0 Å². The molecular weight excluding hydrogens is 320 g/mol. The second-order valence-electron chi connectivity index (χ2n) is 5.02. The molecule has 0 heterocycles. The van der Waals surface area contributed by atoms with E-state index in [2.05, 4.69) is 24.3 Å². The first kappa shape index (κ1) is 21.3. The summed E-state index contributed by atoms with van der Waals surface area (Å²) in [6.07, 6.45) is 0. The van der Waals surface area contributed by atoms with Crippen molar-refractivity contribution in [2.24, 2.45) is 0 Å². The van der Waals surface area contributed by atoms with Crippen LogP contribution in [-0.2, 0) is 13.2 Å². The minimum absolute atomic E-state index is 0.559. The predicted molar refractivity (Wildman–Crippen MR) is 111 cm³/mol. The molecule has 0 aromatic heterocycles. The maximum atomic E-state index is 5.80. The van der Waals surface area contributed by atoms with Crippen LogP contribution < -0.4 is 9.47 Å². The van der Waals surface area contributed by atoms with Crippen LogP contribution in [0.1, 0.15) is 38.8 Å². The van der Waals surface area contributed by atoms with Crippen LogP contribution in [-0.4, -0.2) is 0 Å². The minimum atomic E-state index is 0.559. The van der Waals surface area contributed by atoms with Crippen LogP contribution in [0.15, 0.2) is 84.9 Å². The monoisotopic (exact) mass is 350 g/mol. The standard InChI is InChI=1S/C20H18O2.2C2H6/c1-3-8-17(9-4-1)15-21-19-12-7-13-20(14-19)22-16-18-10-5-2-6-11-18;2*1-2/h1-14H,15-16H2;2*1-2H3.